The molecule has 0 bridgehead atoms. The van der Waals surface area contributed by atoms with Gasteiger partial charge in [0.15, 0.2) is 13.2 Å². The second kappa shape index (κ2) is 17.8. The Balaban J connectivity index is 4.29. The summed E-state index contributed by atoms with van der Waals surface area (Å²) in [6, 6.07) is 0. The van der Waals surface area contributed by atoms with Gasteiger partial charge in [0.2, 0.25) is 0 Å². The number of carbonyl (C=O) groups excluding carboxylic acids is 3. The first-order valence-electron chi connectivity index (χ1n) is 11.1. The van der Waals surface area contributed by atoms with Gasteiger partial charge >= 0.3 is 18.0 Å². The van der Waals surface area contributed by atoms with E-state index in [4.69, 9.17) is 27.1 Å². The lowest BCUT2D eigenvalue weighted by Gasteiger charge is -2.23. The minimum Gasteiger partial charge on any atom is -0.452 e. The number of hydrogen-bond acceptors (Lipinski definition) is 8. The highest BCUT2D eigenvalue weighted by Crippen LogP contribution is 2.06. The Hall–Kier alpha value is -2.75. The van der Waals surface area contributed by atoms with Crippen molar-refractivity contribution in [3.8, 4) is 24.7 Å². The maximum absolute atomic E-state index is 11.7. The number of amides is 1. The molecule has 0 atom stereocenters. The van der Waals surface area contributed by atoms with Crippen molar-refractivity contribution in [2.45, 2.75) is 52.1 Å². The second-order valence-corrected chi connectivity index (χ2v) is 8.51. The SMILES string of the molecule is C#CCOC(=O)CCN(CCCN(C)CCCNC(=O)OC(C)(C)C)CCC(=O)OCC#C. The van der Waals surface area contributed by atoms with Gasteiger partial charge in [0, 0.05) is 19.6 Å². The molecular weight excluding hydrogens is 426 g/mol. The van der Waals surface area contributed by atoms with Crippen LogP contribution in [0.1, 0.15) is 46.5 Å². The van der Waals surface area contributed by atoms with Gasteiger partial charge in [0.1, 0.15) is 5.60 Å². The summed E-state index contributed by atoms with van der Waals surface area (Å²) in [4.78, 5) is 39.3. The number of esters is 2. The number of hydrogen-bond donors (Lipinski definition) is 1. The van der Waals surface area contributed by atoms with Crippen LogP contribution in [0.5, 0.6) is 0 Å². The van der Waals surface area contributed by atoms with Crippen LogP contribution in [0.15, 0.2) is 0 Å². The standard InChI is InChI=1S/C24H39N3O6/c1-7-19-31-21(28)11-17-27(18-12-22(29)32-20-8-2)16-10-15-26(6)14-9-13-25-23(30)33-24(3,4)5/h1-2H,9-20H2,3-6H3,(H,25,30). The van der Waals surface area contributed by atoms with Gasteiger partial charge in [-0.1, -0.05) is 11.8 Å². The Bertz CT molecular complexity index is 641. The first kappa shape index (κ1) is 30.2. The van der Waals surface area contributed by atoms with Crippen molar-refractivity contribution >= 4 is 18.0 Å². The van der Waals surface area contributed by atoms with E-state index in [-0.39, 0.29) is 38.0 Å². The van der Waals surface area contributed by atoms with Crippen LogP contribution in [0.4, 0.5) is 4.79 Å². The Morgan fingerprint density at radius 2 is 1.36 bits per heavy atom. The molecule has 0 aromatic rings. The number of terminal acetylenes is 2. The van der Waals surface area contributed by atoms with Gasteiger partial charge < -0.3 is 29.3 Å². The molecule has 0 fully saturated rings. The van der Waals surface area contributed by atoms with Crippen molar-refractivity contribution in [1.29, 1.82) is 0 Å². The van der Waals surface area contributed by atoms with Gasteiger partial charge in [-0.05, 0) is 60.3 Å². The Kier molecular flexibility index (Phi) is 16.3. The van der Waals surface area contributed by atoms with Crippen LogP contribution in [0, 0.1) is 24.7 Å². The molecule has 0 spiro atoms. The van der Waals surface area contributed by atoms with E-state index >= 15 is 0 Å². The minimum atomic E-state index is -0.511. The number of alkyl carbamates (subject to hydrolysis) is 1. The second-order valence-electron chi connectivity index (χ2n) is 8.51. The highest BCUT2D eigenvalue weighted by molar-refractivity contribution is 5.70. The van der Waals surface area contributed by atoms with Gasteiger partial charge in [-0.3, -0.25) is 9.59 Å². The lowest BCUT2D eigenvalue weighted by molar-refractivity contribution is -0.142. The summed E-state index contributed by atoms with van der Waals surface area (Å²) in [6.45, 7) is 9.15. The maximum Gasteiger partial charge on any atom is 0.407 e. The summed E-state index contributed by atoms with van der Waals surface area (Å²) >= 11 is 0. The number of nitrogens with zero attached hydrogens (tertiary/aromatic N) is 2. The molecule has 0 rings (SSSR count). The van der Waals surface area contributed by atoms with Crippen molar-refractivity contribution in [3.63, 3.8) is 0 Å². The Morgan fingerprint density at radius 3 is 1.85 bits per heavy atom. The smallest absolute Gasteiger partial charge is 0.407 e. The molecule has 0 unspecified atom stereocenters. The molecule has 0 heterocycles. The minimum absolute atomic E-state index is 0.0508. The quantitative estimate of drug-likeness (QED) is 0.159. The first-order chi connectivity index (χ1) is 15.6. The number of nitrogens with one attached hydrogen (secondary N) is 1. The lowest BCUT2D eigenvalue weighted by atomic mass is 10.2. The molecule has 0 aliphatic rings. The van der Waals surface area contributed by atoms with Crippen LogP contribution in [0.25, 0.3) is 0 Å². The van der Waals surface area contributed by atoms with Gasteiger partial charge in [0.25, 0.3) is 0 Å². The van der Waals surface area contributed by atoms with Gasteiger partial charge in [0.05, 0.1) is 12.8 Å². The molecule has 0 saturated heterocycles. The molecule has 0 saturated carbocycles. The molecule has 9 heteroatoms. The number of ether oxygens (including phenoxy) is 3. The van der Waals surface area contributed by atoms with Crippen molar-refractivity contribution in [3.05, 3.63) is 0 Å². The molecule has 1 amide bonds. The third-order valence-corrected chi connectivity index (χ3v) is 4.30. The van der Waals surface area contributed by atoms with E-state index in [1.807, 2.05) is 32.7 Å². The summed E-state index contributed by atoms with van der Waals surface area (Å²) in [7, 11) is 2.01. The fraction of sp³-hybridized carbons (Fsp3) is 0.708. The molecule has 0 aliphatic carbocycles. The summed E-state index contributed by atoms with van der Waals surface area (Å²) in [6.07, 6.45) is 11.8. The van der Waals surface area contributed by atoms with Gasteiger partial charge in [-0.25, -0.2) is 4.79 Å². The van der Waals surface area contributed by atoms with Crippen molar-refractivity contribution in [2.75, 3.05) is 59.5 Å². The van der Waals surface area contributed by atoms with Crippen molar-refractivity contribution < 1.29 is 28.6 Å². The van der Waals surface area contributed by atoms with Gasteiger partial charge in [-0.2, -0.15) is 0 Å². The fourth-order valence-electron chi connectivity index (χ4n) is 2.75. The molecular formula is C24H39N3O6. The van der Waals surface area contributed by atoms with Crippen LogP contribution < -0.4 is 5.32 Å². The predicted molar refractivity (Wildman–Crippen MR) is 126 cm³/mol. The zero-order chi connectivity index (χ0) is 25.1. The fourth-order valence-corrected chi connectivity index (χ4v) is 2.75. The molecule has 0 aliphatic heterocycles. The Morgan fingerprint density at radius 1 is 0.848 bits per heavy atom. The summed E-state index contributed by atoms with van der Waals surface area (Å²) in [5.74, 6) is 3.77. The monoisotopic (exact) mass is 465 g/mol. The van der Waals surface area contributed by atoms with Crippen LogP contribution >= 0.6 is 0 Å². The van der Waals surface area contributed by atoms with Crippen LogP contribution in [0.3, 0.4) is 0 Å². The third-order valence-electron chi connectivity index (χ3n) is 4.30. The van der Waals surface area contributed by atoms with Crippen LogP contribution in [-0.4, -0.2) is 93.0 Å². The third kappa shape index (κ3) is 19.6. The number of carbonyl (C=O) groups is 3. The maximum atomic E-state index is 11.7. The average Bonchev–Trinajstić information content (AvgIpc) is 2.73. The normalized spacial score (nSPS) is 10.9. The number of rotatable bonds is 16. The summed E-state index contributed by atoms with van der Waals surface area (Å²) < 4.78 is 15.0. The zero-order valence-corrected chi connectivity index (χ0v) is 20.5. The van der Waals surface area contributed by atoms with Gasteiger partial charge in [-0.15, -0.1) is 12.8 Å². The molecule has 186 valence electrons. The molecule has 33 heavy (non-hydrogen) atoms. The molecule has 0 aromatic heterocycles. The molecule has 9 nitrogen and oxygen atoms in total. The highest BCUT2D eigenvalue weighted by atomic mass is 16.6. The molecule has 1 N–H and O–H groups in total. The van der Waals surface area contributed by atoms with Crippen molar-refractivity contribution in [2.24, 2.45) is 0 Å². The predicted octanol–water partition coefficient (Wildman–Crippen LogP) is 1.66. The van der Waals surface area contributed by atoms with E-state index in [1.54, 1.807) is 0 Å². The first-order valence-corrected chi connectivity index (χ1v) is 11.1. The lowest BCUT2D eigenvalue weighted by Crippen LogP contribution is -2.35. The average molecular weight is 466 g/mol. The van der Waals surface area contributed by atoms with E-state index < -0.39 is 11.7 Å². The van der Waals surface area contributed by atoms with Crippen LogP contribution in [0.2, 0.25) is 0 Å². The zero-order valence-electron chi connectivity index (χ0n) is 20.5. The topological polar surface area (TPSA) is 97.4 Å². The Labute approximate surface area is 198 Å². The van der Waals surface area contributed by atoms with E-state index in [2.05, 4.69) is 22.1 Å². The largest absolute Gasteiger partial charge is 0.452 e. The summed E-state index contributed by atoms with van der Waals surface area (Å²) in [5, 5.41) is 2.74. The summed E-state index contributed by atoms with van der Waals surface area (Å²) in [5.41, 5.74) is -0.511. The van der Waals surface area contributed by atoms with Crippen LogP contribution in [-0.2, 0) is 23.8 Å². The van der Waals surface area contributed by atoms with E-state index in [9.17, 15) is 14.4 Å². The van der Waals surface area contributed by atoms with Crippen molar-refractivity contribution in [1.82, 2.24) is 15.1 Å². The molecule has 0 radical (unpaired) electrons. The molecule has 0 aromatic carbocycles. The van der Waals surface area contributed by atoms with E-state index in [1.165, 1.54) is 0 Å². The van der Waals surface area contributed by atoms with E-state index in [0.29, 0.717) is 26.2 Å². The van der Waals surface area contributed by atoms with E-state index in [0.717, 1.165) is 25.9 Å². The highest BCUT2D eigenvalue weighted by Gasteiger charge is 2.15.